The molecular weight excluding hydrogens is 262 g/mol. The van der Waals surface area contributed by atoms with Gasteiger partial charge in [-0.1, -0.05) is 12.1 Å². The number of likely N-dealkylation sites (N-methyl/N-ethyl adjacent to an activating group) is 1. The molecule has 4 nitrogen and oxygen atoms in total. The molecule has 1 fully saturated rings. The van der Waals surface area contributed by atoms with Crippen LogP contribution in [0.25, 0.3) is 0 Å². The van der Waals surface area contributed by atoms with Gasteiger partial charge in [0, 0.05) is 25.8 Å². The first kappa shape index (κ1) is 15.8. The number of anilines is 1. The molecule has 1 aromatic rings. The van der Waals surface area contributed by atoms with E-state index in [1.807, 2.05) is 50.1 Å². The van der Waals surface area contributed by atoms with Crippen LogP contribution in [0.1, 0.15) is 25.8 Å². The maximum absolute atomic E-state index is 12.8. The van der Waals surface area contributed by atoms with Gasteiger partial charge in [-0.2, -0.15) is 0 Å². The maximum Gasteiger partial charge on any atom is 0.232 e. The highest BCUT2D eigenvalue weighted by molar-refractivity contribution is 5.87. The monoisotopic (exact) mass is 289 g/mol. The lowest BCUT2D eigenvalue weighted by Gasteiger charge is -2.31. The van der Waals surface area contributed by atoms with Crippen LogP contribution in [0.5, 0.6) is 0 Å². The molecular formula is C17H27N3O. The van der Waals surface area contributed by atoms with Crippen LogP contribution >= 0.6 is 0 Å². The third-order valence-electron chi connectivity index (χ3n) is 4.53. The summed E-state index contributed by atoms with van der Waals surface area (Å²) < 4.78 is 0. The summed E-state index contributed by atoms with van der Waals surface area (Å²) in [6.45, 7) is 7.02. The van der Waals surface area contributed by atoms with Gasteiger partial charge in [-0.15, -0.1) is 0 Å². The number of rotatable bonds is 4. The molecule has 0 radical (unpaired) electrons. The molecule has 0 spiro atoms. The minimum atomic E-state index is -0.521. The van der Waals surface area contributed by atoms with Crippen molar-refractivity contribution in [2.45, 2.75) is 25.7 Å². The van der Waals surface area contributed by atoms with Crippen LogP contribution in [0.4, 0.5) is 5.69 Å². The minimum Gasteiger partial charge on any atom is -0.399 e. The highest BCUT2D eigenvalue weighted by atomic mass is 16.2. The molecule has 1 aliphatic rings. The first-order valence-electron chi connectivity index (χ1n) is 7.61. The molecule has 4 heteroatoms. The Morgan fingerprint density at radius 1 is 1.38 bits per heavy atom. The average Bonchev–Trinajstić information content (AvgIpc) is 2.83. The van der Waals surface area contributed by atoms with Crippen LogP contribution in [0, 0.1) is 5.92 Å². The van der Waals surface area contributed by atoms with Crippen molar-refractivity contribution in [1.29, 1.82) is 0 Å². The first-order chi connectivity index (χ1) is 9.80. The smallest absolute Gasteiger partial charge is 0.232 e. The number of carbonyl (C=O) groups excluding carboxylic acids is 1. The molecule has 1 aromatic carbocycles. The van der Waals surface area contributed by atoms with Crippen molar-refractivity contribution in [2.24, 2.45) is 5.92 Å². The summed E-state index contributed by atoms with van der Waals surface area (Å²) in [5.41, 5.74) is 6.94. The third kappa shape index (κ3) is 3.56. The second-order valence-electron chi connectivity index (χ2n) is 6.85. The zero-order valence-corrected chi connectivity index (χ0v) is 13.6. The molecule has 1 unspecified atom stereocenters. The molecule has 2 N–H and O–H groups in total. The number of nitrogen functional groups attached to an aromatic ring is 1. The number of nitrogens with zero attached hydrogens (tertiary/aromatic N) is 2. The van der Waals surface area contributed by atoms with E-state index in [0.29, 0.717) is 5.92 Å². The summed E-state index contributed by atoms with van der Waals surface area (Å²) in [4.78, 5) is 17.0. The van der Waals surface area contributed by atoms with Crippen LogP contribution in [0.15, 0.2) is 24.3 Å². The van der Waals surface area contributed by atoms with Crippen molar-refractivity contribution in [3.63, 3.8) is 0 Å². The molecule has 21 heavy (non-hydrogen) atoms. The minimum absolute atomic E-state index is 0.168. The van der Waals surface area contributed by atoms with Crippen molar-refractivity contribution in [3.05, 3.63) is 29.8 Å². The molecule has 2 rings (SSSR count). The van der Waals surface area contributed by atoms with Crippen molar-refractivity contribution < 1.29 is 4.79 Å². The lowest BCUT2D eigenvalue weighted by Crippen LogP contribution is -2.43. The number of carbonyl (C=O) groups is 1. The van der Waals surface area contributed by atoms with Crippen LogP contribution in [0.2, 0.25) is 0 Å². The Morgan fingerprint density at radius 3 is 2.52 bits per heavy atom. The van der Waals surface area contributed by atoms with Crippen LogP contribution < -0.4 is 5.73 Å². The Bertz CT molecular complexity index is 495. The molecule has 0 bridgehead atoms. The fraction of sp³-hybridized carbons (Fsp3) is 0.588. The van der Waals surface area contributed by atoms with Crippen LogP contribution in [0.3, 0.4) is 0 Å². The molecule has 1 amide bonds. The fourth-order valence-corrected chi connectivity index (χ4v) is 3.15. The van der Waals surface area contributed by atoms with E-state index < -0.39 is 5.41 Å². The van der Waals surface area contributed by atoms with E-state index in [0.717, 1.165) is 30.9 Å². The van der Waals surface area contributed by atoms with Gasteiger partial charge in [-0.05, 0) is 57.5 Å². The molecule has 1 saturated heterocycles. The molecule has 0 saturated carbocycles. The number of benzene rings is 1. The van der Waals surface area contributed by atoms with Gasteiger partial charge in [0.1, 0.15) is 0 Å². The largest absolute Gasteiger partial charge is 0.399 e. The highest BCUT2D eigenvalue weighted by Gasteiger charge is 2.33. The Hall–Kier alpha value is -1.55. The highest BCUT2D eigenvalue weighted by Crippen LogP contribution is 2.27. The second kappa shape index (κ2) is 6.06. The summed E-state index contributed by atoms with van der Waals surface area (Å²) >= 11 is 0. The fourth-order valence-electron chi connectivity index (χ4n) is 3.15. The second-order valence-corrected chi connectivity index (χ2v) is 6.85. The van der Waals surface area contributed by atoms with Gasteiger partial charge in [-0.3, -0.25) is 4.79 Å². The van der Waals surface area contributed by atoms with Crippen LogP contribution in [-0.4, -0.2) is 49.4 Å². The topological polar surface area (TPSA) is 49.6 Å². The molecule has 1 heterocycles. The van der Waals surface area contributed by atoms with Crippen LogP contribution in [-0.2, 0) is 10.2 Å². The zero-order chi connectivity index (χ0) is 15.6. The van der Waals surface area contributed by atoms with Crippen molar-refractivity contribution in [1.82, 2.24) is 9.80 Å². The van der Waals surface area contributed by atoms with Crippen molar-refractivity contribution >= 4 is 11.6 Å². The summed E-state index contributed by atoms with van der Waals surface area (Å²) in [7, 11) is 4.06. The van der Waals surface area contributed by atoms with E-state index in [1.54, 1.807) is 0 Å². The maximum atomic E-state index is 12.8. The van der Waals surface area contributed by atoms with E-state index in [1.165, 1.54) is 6.42 Å². The number of hydrogen-bond acceptors (Lipinski definition) is 3. The van der Waals surface area contributed by atoms with E-state index in [-0.39, 0.29) is 5.91 Å². The summed E-state index contributed by atoms with van der Waals surface area (Å²) in [6.07, 6.45) is 1.18. The third-order valence-corrected chi connectivity index (χ3v) is 4.53. The predicted octanol–water partition coefficient (Wildman–Crippen LogP) is 1.96. The van der Waals surface area contributed by atoms with E-state index in [4.69, 9.17) is 5.73 Å². The summed E-state index contributed by atoms with van der Waals surface area (Å²) in [5, 5.41) is 0. The zero-order valence-electron chi connectivity index (χ0n) is 13.6. The van der Waals surface area contributed by atoms with Crippen molar-refractivity contribution in [3.8, 4) is 0 Å². The summed E-state index contributed by atoms with van der Waals surface area (Å²) in [6, 6.07) is 7.61. The van der Waals surface area contributed by atoms with Crippen molar-refractivity contribution in [2.75, 3.05) is 39.5 Å². The Labute approximate surface area is 127 Å². The molecule has 0 aliphatic carbocycles. The number of likely N-dealkylation sites (tertiary alicyclic amines) is 1. The average molecular weight is 289 g/mol. The van der Waals surface area contributed by atoms with Gasteiger partial charge in [0.15, 0.2) is 0 Å². The van der Waals surface area contributed by atoms with E-state index in [2.05, 4.69) is 11.9 Å². The number of hydrogen-bond donors (Lipinski definition) is 1. The molecule has 0 aromatic heterocycles. The normalized spacial score (nSPS) is 19.7. The Balaban J connectivity index is 2.04. The number of amides is 1. The standard InChI is InChI=1S/C17H27N3O/c1-17(2,14-5-7-15(18)8-6-14)16(21)20(4)12-13-9-10-19(3)11-13/h5-8,13H,9-12,18H2,1-4H3. The van der Waals surface area contributed by atoms with Gasteiger partial charge < -0.3 is 15.5 Å². The van der Waals surface area contributed by atoms with Gasteiger partial charge in [0.2, 0.25) is 5.91 Å². The molecule has 116 valence electrons. The van der Waals surface area contributed by atoms with Gasteiger partial charge in [-0.25, -0.2) is 0 Å². The molecule has 1 atom stereocenters. The number of nitrogens with two attached hydrogens (primary N) is 1. The molecule has 1 aliphatic heterocycles. The van der Waals surface area contributed by atoms with Gasteiger partial charge in [0.05, 0.1) is 5.41 Å². The predicted molar refractivity (Wildman–Crippen MR) is 87.1 cm³/mol. The first-order valence-corrected chi connectivity index (χ1v) is 7.61. The SMILES string of the molecule is CN1CCC(CN(C)C(=O)C(C)(C)c2ccc(N)cc2)C1. The summed E-state index contributed by atoms with van der Waals surface area (Å²) in [5.74, 6) is 0.757. The lowest BCUT2D eigenvalue weighted by atomic mass is 9.83. The van der Waals surface area contributed by atoms with Gasteiger partial charge in [0.25, 0.3) is 0 Å². The quantitative estimate of drug-likeness (QED) is 0.862. The van der Waals surface area contributed by atoms with E-state index in [9.17, 15) is 4.79 Å². The Morgan fingerprint density at radius 2 is 2.00 bits per heavy atom. The van der Waals surface area contributed by atoms with E-state index >= 15 is 0 Å². The Kier molecular flexibility index (Phi) is 4.57. The lowest BCUT2D eigenvalue weighted by molar-refractivity contribution is -0.135. The van der Waals surface area contributed by atoms with Gasteiger partial charge >= 0.3 is 0 Å².